The maximum absolute atomic E-state index is 12.4. The molecule has 2 aliphatic rings. The number of fused-ring (bicyclic) bond motifs is 2. The Labute approximate surface area is 112 Å². The standard InChI is InChI=1S/C13H17NO4S/c1-8-5-10(14-2)9-6-11-12(18-4-3-17-11)7-13(9)19(8,15)16/h6-8,10,14H,3-5H2,1-2H3. The van der Waals surface area contributed by atoms with E-state index in [2.05, 4.69) is 5.32 Å². The summed E-state index contributed by atoms with van der Waals surface area (Å²) >= 11 is 0. The summed E-state index contributed by atoms with van der Waals surface area (Å²) in [6.07, 6.45) is 0.575. The zero-order chi connectivity index (χ0) is 13.6. The number of ether oxygens (including phenoxy) is 2. The molecule has 1 aromatic rings. The van der Waals surface area contributed by atoms with Crippen LogP contribution in [0.2, 0.25) is 0 Å². The first kappa shape index (κ1) is 12.7. The average molecular weight is 283 g/mol. The lowest BCUT2D eigenvalue weighted by molar-refractivity contribution is 0.170. The topological polar surface area (TPSA) is 64.6 Å². The van der Waals surface area contributed by atoms with Crippen LogP contribution in [0.25, 0.3) is 0 Å². The van der Waals surface area contributed by atoms with E-state index in [4.69, 9.17) is 9.47 Å². The summed E-state index contributed by atoms with van der Waals surface area (Å²) < 4.78 is 35.9. The van der Waals surface area contributed by atoms with Crippen molar-refractivity contribution in [3.63, 3.8) is 0 Å². The van der Waals surface area contributed by atoms with Crippen LogP contribution in [0, 0.1) is 0 Å². The molecule has 2 aliphatic heterocycles. The van der Waals surface area contributed by atoms with E-state index in [9.17, 15) is 8.42 Å². The second-order valence-electron chi connectivity index (χ2n) is 4.97. The highest BCUT2D eigenvalue weighted by Crippen LogP contribution is 2.43. The van der Waals surface area contributed by atoms with Crippen molar-refractivity contribution < 1.29 is 17.9 Å². The van der Waals surface area contributed by atoms with E-state index in [0.29, 0.717) is 36.0 Å². The van der Waals surface area contributed by atoms with Gasteiger partial charge in [-0.25, -0.2) is 8.42 Å². The lowest BCUT2D eigenvalue weighted by atomic mass is 10.0. The van der Waals surface area contributed by atoms with Gasteiger partial charge in [0.15, 0.2) is 21.3 Å². The van der Waals surface area contributed by atoms with Crippen molar-refractivity contribution in [1.82, 2.24) is 5.32 Å². The van der Waals surface area contributed by atoms with Gasteiger partial charge in [0, 0.05) is 12.1 Å². The first-order valence-corrected chi connectivity index (χ1v) is 7.93. The van der Waals surface area contributed by atoms with Gasteiger partial charge in [0.05, 0.1) is 10.1 Å². The molecule has 2 atom stereocenters. The summed E-state index contributed by atoms with van der Waals surface area (Å²) in [6, 6.07) is 3.44. The van der Waals surface area contributed by atoms with E-state index >= 15 is 0 Å². The molecule has 1 aromatic carbocycles. The molecule has 0 radical (unpaired) electrons. The Balaban J connectivity index is 2.22. The minimum atomic E-state index is -3.27. The summed E-state index contributed by atoms with van der Waals surface area (Å²) in [5.74, 6) is 1.16. The molecule has 2 unspecified atom stereocenters. The summed E-state index contributed by atoms with van der Waals surface area (Å²) in [4.78, 5) is 0.370. The number of benzene rings is 1. The van der Waals surface area contributed by atoms with E-state index in [1.165, 1.54) is 0 Å². The molecular weight excluding hydrogens is 266 g/mol. The first-order valence-electron chi connectivity index (χ1n) is 6.38. The summed E-state index contributed by atoms with van der Waals surface area (Å²) in [6.45, 7) is 2.70. The van der Waals surface area contributed by atoms with Gasteiger partial charge >= 0.3 is 0 Å². The van der Waals surface area contributed by atoms with E-state index in [1.54, 1.807) is 19.1 Å². The van der Waals surface area contributed by atoms with Gasteiger partial charge in [0.2, 0.25) is 0 Å². The Bertz CT molecular complexity index is 611. The monoisotopic (exact) mass is 283 g/mol. The van der Waals surface area contributed by atoms with Gasteiger partial charge in [-0.3, -0.25) is 0 Å². The van der Waals surface area contributed by atoms with Gasteiger partial charge in [-0.2, -0.15) is 0 Å². The highest BCUT2D eigenvalue weighted by Gasteiger charge is 2.37. The number of nitrogens with one attached hydrogen (secondary N) is 1. The van der Waals surface area contributed by atoms with Crippen LogP contribution >= 0.6 is 0 Å². The molecule has 0 aliphatic carbocycles. The summed E-state index contributed by atoms with van der Waals surface area (Å²) in [5.41, 5.74) is 0.782. The van der Waals surface area contributed by atoms with Crippen LogP contribution in [-0.2, 0) is 9.84 Å². The van der Waals surface area contributed by atoms with Gasteiger partial charge in [-0.1, -0.05) is 0 Å². The number of sulfone groups is 1. The number of hydrogen-bond donors (Lipinski definition) is 1. The molecule has 0 aromatic heterocycles. The highest BCUT2D eigenvalue weighted by molar-refractivity contribution is 7.92. The fourth-order valence-electron chi connectivity index (χ4n) is 2.68. The predicted molar refractivity (Wildman–Crippen MR) is 70.5 cm³/mol. The molecule has 6 heteroatoms. The van der Waals surface area contributed by atoms with Crippen molar-refractivity contribution in [3.05, 3.63) is 17.7 Å². The third-order valence-electron chi connectivity index (χ3n) is 3.80. The fourth-order valence-corrected chi connectivity index (χ4v) is 4.36. The first-order chi connectivity index (χ1) is 9.04. The molecule has 5 nitrogen and oxygen atoms in total. The smallest absolute Gasteiger partial charge is 0.181 e. The van der Waals surface area contributed by atoms with Crippen molar-refractivity contribution in [3.8, 4) is 11.5 Å². The van der Waals surface area contributed by atoms with Crippen molar-refractivity contribution in [2.75, 3.05) is 20.3 Å². The highest BCUT2D eigenvalue weighted by atomic mass is 32.2. The second-order valence-corrected chi connectivity index (χ2v) is 7.30. The Morgan fingerprint density at radius 1 is 1.21 bits per heavy atom. The van der Waals surface area contributed by atoms with Crippen molar-refractivity contribution in [1.29, 1.82) is 0 Å². The van der Waals surface area contributed by atoms with Gasteiger partial charge in [-0.05, 0) is 32.0 Å². The molecule has 2 heterocycles. The minimum absolute atomic E-state index is 0.0318. The summed E-state index contributed by atoms with van der Waals surface area (Å²) in [7, 11) is -1.43. The van der Waals surface area contributed by atoms with E-state index in [1.807, 2.05) is 7.05 Å². The molecule has 3 rings (SSSR count). The maximum Gasteiger partial charge on any atom is 0.181 e. The molecule has 1 N–H and O–H groups in total. The molecule has 0 fully saturated rings. The third-order valence-corrected chi connectivity index (χ3v) is 6.02. The zero-order valence-electron chi connectivity index (χ0n) is 11.0. The molecule has 104 valence electrons. The van der Waals surface area contributed by atoms with Crippen LogP contribution in [-0.4, -0.2) is 33.9 Å². The van der Waals surface area contributed by atoms with E-state index in [0.717, 1.165) is 5.56 Å². The predicted octanol–water partition coefficient (Wildman–Crippen LogP) is 1.28. The third kappa shape index (κ3) is 1.90. The molecule has 19 heavy (non-hydrogen) atoms. The van der Waals surface area contributed by atoms with Crippen LogP contribution in [0.1, 0.15) is 24.9 Å². The van der Waals surface area contributed by atoms with Crippen molar-refractivity contribution in [2.24, 2.45) is 0 Å². The molecule has 0 saturated carbocycles. The fraction of sp³-hybridized carbons (Fsp3) is 0.538. The van der Waals surface area contributed by atoms with E-state index in [-0.39, 0.29) is 11.3 Å². The Kier molecular flexibility index (Phi) is 2.94. The largest absolute Gasteiger partial charge is 0.486 e. The molecule has 0 saturated heterocycles. The van der Waals surface area contributed by atoms with Crippen molar-refractivity contribution in [2.45, 2.75) is 29.5 Å². The Hall–Kier alpha value is -1.27. The normalized spacial score (nSPS) is 27.7. The van der Waals surface area contributed by atoms with Crippen LogP contribution in [0.3, 0.4) is 0 Å². The molecule has 0 spiro atoms. The van der Waals surface area contributed by atoms with Crippen LogP contribution < -0.4 is 14.8 Å². The minimum Gasteiger partial charge on any atom is -0.486 e. The SMILES string of the molecule is CNC1CC(C)S(=O)(=O)c2cc3c(cc21)OCCO3. The van der Waals surface area contributed by atoms with Crippen LogP contribution in [0.4, 0.5) is 0 Å². The van der Waals surface area contributed by atoms with Gasteiger partial charge in [-0.15, -0.1) is 0 Å². The molecular formula is C13H17NO4S. The summed E-state index contributed by atoms with van der Waals surface area (Å²) in [5, 5.41) is 2.79. The number of hydrogen-bond acceptors (Lipinski definition) is 5. The van der Waals surface area contributed by atoms with E-state index < -0.39 is 9.84 Å². The maximum atomic E-state index is 12.4. The second kappa shape index (κ2) is 4.38. The zero-order valence-corrected chi connectivity index (χ0v) is 11.8. The van der Waals surface area contributed by atoms with Gasteiger partial charge in [0.1, 0.15) is 13.2 Å². The lowest BCUT2D eigenvalue weighted by Crippen LogP contribution is -2.33. The number of rotatable bonds is 1. The van der Waals surface area contributed by atoms with Gasteiger partial charge < -0.3 is 14.8 Å². The van der Waals surface area contributed by atoms with Gasteiger partial charge in [0.25, 0.3) is 0 Å². The molecule has 0 bridgehead atoms. The lowest BCUT2D eigenvalue weighted by Gasteiger charge is -2.31. The quantitative estimate of drug-likeness (QED) is 0.841. The molecule has 0 amide bonds. The van der Waals surface area contributed by atoms with Crippen LogP contribution in [0.5, 0.6) is 11.5 Å². The Morgan fingerprint density at radius 3 is 2.47 bits per heavy atom. The van der Waals surface area contributed by atoms with Crippen molar-refractivity contribution >= 4 is 9.84 Å². The average Bonchev–Trinajstić information content (AvgIpc) is 2.41. The Morgan fingerprint density at radius 2 is 1.84 bits per heavy atom. The van der Waals surface area contributed by atoms with Crippen LogP contribution in [0.15, 0.2) is 17.0 Å².